The number of likely N-dealkylation sites (N-methyl/N-ethyl adjacent to an activating group) is 1. The van der Waals surface area contributed by atoms with Crippen molar-refractivity contribution in [2.45, 2.75) is 38.6 Å². The number of aryl methyl sites for hydroxylation is 1. The van der Waals surface area contributed by atoms with Crippen molar-refractivity contribution in [3.05, 3.63) is 29.3 Å². The fraction of sp³-hybridized carbons (Fsp3) is 0.467. The van der Waals surface area contributed by atoms with Gasteiger partial charge in [-0.1, -0.05) is 6.07 Å². The largest absolute Gasteiger partial charge is 0.341 e. The van der Waals surface area contributed by atoms with E-state index in [1.807, 2.05) is 32.9 Å². The molecule has 0 aliphatic carbocycles. The zero-order chi connectivity index (χ0) is 15.3. The first-order valence-corrected chi connectivity index (χ1v) is 7.24. The molecule has 4 nitrogen and oxygen atoms in total. The van der Waals surface area contributed by atoms with Gasteiger partial charge in [-0.2, -0.15) is 0 Å². The molecule has 1 aromatic rings. The van der Waals surface area contributed by atoms with Crippen molar-refractivity contribution < 1.29 is 9.59 Å². The summed E-state index contributed by atoms with van der Waals surface area (Å²) in [6.07, 6.45) is 0. The molecule has 0 aliphatic heterocycles. The summed E-state index contributed by atoms with van der Waals surface area (Å²) < 4.78 is 0. The average molecular weight is 294 g/mol. The van der Waals surface area contributed by atoms with Crippen LogP contribution < -0.4 is 5.32 Å². The number of nitrogens with one attached hydrogen (secondary N) is 1. The minimum Gasteiger partial charge on any atom is -0.341 e. The summed E-state index contributed by atoms with van der Waals surface area (Å²) in [6, 6.07) is 4.85. The number of hydrogen-bond acceptors (Lipinski definition) is 3. The minimum atomic E-state index is -0.537. The van der Waals surface area contributed by atoms with Crippen molar-refractivity contribution in [3.8, 4) is 0 Å². The van der Waals surface area contributed by atoms with Crippen LogP contribution in [0.5, 0.6) is 0 Å². The van der Waals surface area contributed by atoms with Gasteiger partial charge in [0.25, 0.3) is 5.91 Å². The summed E-state index contributed by atoms with van der Waals surface area (Å²) in [5.74, 6) is -0.311. The quantitative estimate of drug-likeness (QED) is 0.819. The van der Waals surface area contributed by atoms with Gasteiger partial charge < -0.3 is 10.2 Å². The fourth-order valence-electron chi connectivity index (χ4n) is 2.00. The van der Waals surface area contributed by atoms with Crippen molar-refractivity contribution in [2.24, 2.45) is 0 Å². The highest BCUT2D eigenvalue weighted by atomic mass is 32.1. The van der Waals surface area contributed by atoms with Gasteiger partial charge in [-0.25, -0.2) is 0 Å². The van der Waals surface area contributed by atoms with Gasteiger partial charge in [-0.05, 0) is 45.4 Å². The lowest BCUT2D eigenvalue weighted by Crippen LogP contribution is -2.46. The molecule has 0 saturated carbocycles. The van der Waals surface area contributed by atoms with Gasteiger partial charge in [0.2, 0.25) is 5.91 Å². The van der Waals surface area contributed by atoms with Gasteiger partial charge >= 0.3 is 0 Å². The van der Waals surface area contributed by atoms with Crippen molar-refractivity contribution in [1.29, 1.82) is 0 Å². The van der Waals surface area contributed by atoms with Crippen LogP contribution in [-0.2, 0) is 4.79 Å². The van der Waals surface area contributed by atoms with Crippen LogP contribution in [0.15, 0.2) is 23.1 Å². The second-order valence-corrected chi connectivity index (χ2v) is 5.22. The van der Waals surface area contributed by atoms with Crippen LogP contribution in [0.4, 0.5) is 0 Å². The minimum absolute atomic E-state index is 0.0666. The van der Waals surface area contributed by atoms with Gasteiger partial charge in [0.05, 0.1) is 0 Å². The van der Waals surface area contributed by atoms with Gasteiger partial charge in [-0.3, -0.25) is 9.59 Å². The molecule has 0 radical (unpaired) electrons. The van der Waals surface area contributed by atoms with Crippen molar-refractivity contribution in [3.63, 3.8) is 0 Å². The third-order valence-electron chi connectivity index (χ3n) is 3.26. The summed E-state index contributed by atoms with van der Waals surface area (Å²) >= 11 is 4.23. The van der Waals surface area contributed by atoms with E-state index >= 15 is 0 Å². The summed E-state index contributed by atoms with van der Waals surface area (Å²) in [4.78, 5) is 26.8. The smallest absolute Gasteiger partial charge is 0.252 e. The third-order valence-corrected chi connectivity index (χ3v) is 3.54. The average Bonchev–Trinajstić information content (AvgIpc) is 2.42. The van der Waals surface area contributed by atoms with Crippen LogP contribution in [0.25, 0.3) is 0 Å². The molecule has 0 fully saturated rings. The zero-order valence-electron chi connectivity index (χ0n) is 12.4. The Bertz CT molecular complexity index is 499. The fourth-order valence-corrected chi connectivity index (χ4v) is 2.20. The van der Waals surface area contributed by atoms with Crippen LogP contribution in [0.1, 0.15) is 36.7 Å². The first kappa shape index (κ1) is 16.6. The highest BCUT2D eigenvalue weighted by Crippen LogP contribution is 2.14. The Kier molecular flexibility index (Phi) is 6.07. The van der Waals surface area contributed by atoms with Crippen molar-refractivity contribution in [1.82, 2.24) is 10.2 Å². The van der Waals surface area contributed by atoms with E-state index in [1.54, 1.807) is 17.9 Å². The topological polar surface area (TPSA) is 49.4 Å². The molecule has 0 saturated heterocycles. The molecule has 2 amide bonds. The second-order valence-electron chi connectivity index (χ2n) is 4.70. The Balaban J connectivity index is 2.80. The van der Waals surface area contributed by atoms with Gasteiger partial charge in [0, 0.05) is 23.5 Å². The molecule has 1 N–H and O–H groups in total. The molecule has 1 aromatic carbocycles. The maximum atomic E-state index is 12.2. The standard InChI is InChI=1S/C15H22N2O2S/c1-5-17(6-2)15(19)11(4)16-14(18)13-9-12(20)8-7-10(13)3/h7-9,11,20H,5-6H2,1-4H3,(H,16,18). The van der Waals surface area contributed by atoms with E-state index < -0.39 is 6.04 Å². The molecule has 20 heavy (non-hydrogen) atoms. The maximum absolute atomic E-state index is 12.2. The highest BCUT2D eigenvalue weighted by Gasteiger charge is 2.21. The van der Waals surface area contributed by atoms with Crippen LogP contribution in [0.3, 0.4) is 0 Å². The molecular formula is C15H22N2O2S. The first-order valence-electron chi connectivity index (χ1n) is 6.79. The van der Waals surface area contributed by atoms with Crippen molar-refractivity contribution >= 4 is 24.4 Å². The Hall–Kier alpha value is -1.49. The lowest BCUT2D eigenvalue weighted by Gasteiger charge is -2.23. The Morgan fingerprint density at radius 2 is 1.90 bits per heavy atom. The van der Waals surface area contributed by atoms with Crippen LogP contribution in [0, 0.1) is 6.92 Å². The number of carbonyl (C=O) groups excluding carboxylic acids is 2. The van der Waals surface area contributed by atoms with Gasteiger partial charge in [0.1, 0.15) is 6.04 Å². The number of nitrogens with zero attached hydrogens (tertiary/aromatic N) is 1. The number of hydrogen-bond donors (Lipinski definition) is 2. The summed E-state index contributed by atoms with van der Waals surface area (Å²) in [7, 11) is 0. The Morgan fingerprint density at radius 1 is 1.30 bits per heavy atom. The van der Waals surface area contributed by atoms with Gasteiger partial charge in [-0.15, -0.1) is 12.6 Å². The predicted molar refractivity (Wildman–Crippen MR) is 83.3 cm³/mol. The molecule has 0 aromatic heterocycles. The summed E-state index contributed by atoms with van der Waals surface area (Å²) in [5, 5.41) is 2.75. The number of thiol groups is 1. The van der Waals surface area contributed by atoms with E-state index in [0.717, 1.165) is 10.5 Å². The Labute approximate surface area is 126 Å². The second kappa shape index (κ2) is 7.33. The first-order chi connectivity index (χ1) is 9.40. The molecule has 1 rings (SSSR count). The van der Waals surface area contributed by atoms with Gasteiger partial charge in [0.15, 0.2) is 0 Å². The van der Waals surface area contributed by atoms with Crippen molar-refractivity contribution in [2.75, 3.05) is 13.1 Å². The van der Waals surface area contributed by atoms with E-state index in [1.165, 1.54) is 0 Å². The van der Waals surface area contributed by atoms with E-state index in [-0.39, 0.29) is 11.8 Å². The third kappa shape index (κ3) is 4.00. The molecule has 0 heterocycles. The molecule has 1 unspecified atom stereocenters. The normalized spacial score (nSPS) is 11.8. The zero-order valence-corrected chi connectivity index (χ0v) is 13.3. The van der Waals surface area contributed by atoms with E-state index in [4.69, 9.17) is 0 Å². The SMILES string of the molecule is CCN(CC)C(=O)C(C)NC(=O)c1cc(S)ccc1C. The summed E-state index contributed by atoms with van der Waals surface area (Å²) in [5.41, 5.74) is 1.42. The predicted octanol–water partition coefficient (Wildman–Crippen LogP) is 2.27. The number of carbonyl (C=O) groups is 2. The van der Waals surface area contributed by atoms with E-state index in [9.17, 15) is 9.59 Å². The van der Waals surface area contributed by atoms with Crippen LogP contribution in [0.2, 0.25) is 0 Å². The number of benzene rings is 1. The maximum Gasteiger partial charge on any atom is 0.252 e. The molecule has 1 atom stereocenters. The van der Waals surface area contributed by atoms with E-state index in [2.05, 4.69) is 17.9 Å². The molecule has 110 valence electrons. The molecule has 5 heteroatoms. The lowest BCUT2D eigenvalue weighted by atomic mass is 10.1. The molecule has 0 aliphatic rings. The number of rotatable bonds is 5. The van der Waals surface area contributed by atoms with Crippen LogP contribution >= 0.6 is 12.6 Å². The summed E-state index contributed by atoms with van der Waals surface area (Å²) in [6.45, 7) is 8.69. The lowest BCUT2D eigenvalue weighted by molar-refractivity contribution is -0.132. The molecule has 0 bridgehead atoms. The Morgan fingerprint density at radius 3 is 2.45 bits per heavy atom. The number of amides is 2. The molecular weight excluding hydrogens is 272 g/mol. The van der Waals surface area contributed by atoms with Crippen LogP contribution in [-0.4, -0.2) is 35.8 Å². The van der Waals surface area contributed by atoms with E-state index in [0.29, 0.717) is 18.7 Å². The monoisotopic (exact) mass is 294 g/mol. The highest BCUT2D eigenvalue weighted by molar-refractivity contribution is 7.80. The molecule has 0 spiro atoms.